The highest BCUT2D eigenvalue weighted by atomic mass is 32.1. The molecule has 7 nitrogen and oxygen atoms in total. The zero-order valence-corrected chi connectivity index (χ0v) is 17.6. The highest BCUT2D eigenvalue weighted by molar-refractivity contribution is 7.22. The zero-order chi connectivity index (χ0) is 21.8. The minimum absolute atomic E-state index is 0.295. The van der Waals surface area contributed by atoms with Gasteiger partial charge in [-0.05, 0) is 23.6 Å². The fourth-order valence-electron chi connectivity index (χ4n) is 3.28. The van der Waals surface area contributed by atoms with Crippen molar-refractivity contribution >= 4 is 33.5 Å². The first-order valence-electron chi connectivity index (χ1n) is 9.68. The van der Waals surface area contributed by atoms with Crippen LogP contribution in [-0.4, -0.2) is 21.5 Å². The summed E-state index contributed by atoms with van der Waals surface area (Å²) in [7, 11) is 0. The van der Waals surface area contributed by atoms with Crippen molar-refractivity contribution in [3.63, 3.8) is 0 Å². The van der Waals surface area contributed by atoms with Gasteiger partial charge in [0.1, 0.15) is 11.4 Å². The van der Waals surface area contributed by atoms with Crippen molar-refractivity contribution in [2.24, 2.45) is 0 Å². The maximum atomic E-state index is 13.0. The number of aromatic nitrogens is 2. The van der Waals surface area contributed by atoms with Crippen molar-refractivity contribution in [1.82, 2.24) is 20.2 Å². The second-order valence-electron chi connectivity index (χ2n) is 7.00. The molecule has 2 aromatic carbocycles. The summed E-state index contributed by atoms with van der Waals surface area (Å²) in [5.41, 5.74) is 2.46. The van der Waals surface area contributed by atoms with Crippen molar-refractivity contribution in [3.05, 3.63) is 88.5 Å². The van der Waals surface area contributed by atoms with E-state index in [4.69, 9.17) is 0 Å². The zero-order valence-electron chi connectivity index (χ0n) is 16.8. The van der Waals surface area contributed by atoms with Crippen molar-refractivity contribution < 1.29 is 9.59 Å². The van der Waals surface area contributed by atoms with Crippen LogP contribution in [0.5, 0.6) is 0 Å². The van der Waals surface area contributed by atoms with Gasteiger partial charge in [-0.25, -0.2) is 9.78 Å². The normalized spacial score (nSPS) is 10.7. The molecule has 8 heteroatoms. The van der Waals surface area contributed by atoms with Gasteiger partial charge in [-0.2, -0.15) is 0 Å². The van der Waals surface area contributed by atoms with Gasteiger partial charge in [0.2, 0.25) is 5.91 Å². The topological polar surface area (TPSA) is 93.1 Å². The summed E-state index contributed by atoms with van der Waals surface area (Å²) in [5, 5.41) is 5.36. The van der Waals surface area contributed by atoms with Gasteiger partial charge < -0.3 is 5.32 Å². The number of urea groups is 1. The average Bonchev–Trinajstić information content (AvgIpc) is 3.12. The van der Waals surface area contributed by atoms with Crippen LogP contribution in [0, 0.1) is 6.92 Å². The van der Waals surface area contributed by atoms with Gasteiger partial charge in [0.15, 0.2) is 0 Å². The average molecular weight is 433 g/mol. The van der Waals surface area contributed by atoms with E-state index in [2.05, 4.69) is 15.6 Å². The second kappa shape index (κ2) is 8.93. The van der Waals surface area contributed by atoms with E-state index in [0.717, 1.165) is 21.6 Å². The van der Waals surface area contributed by atoms with E-state index >= 15 is 0 Å². The Kier molecular flexibility index (Phi) is 5.90. The largest absolute Gasteiger partial charge is 0.334 e. The van der Waals surface area contributed by atoms with Crippen LogP contribution in [0.1, 0.15) is 11.1 Å². The van der Waals surface area contributed by atoms with Gasteiger partial charge in [0, 0.05) is 11.4 Å². The number of benzene rings is 2. The molecule has 0 aliphatic carbocycles. The molecule has 4 rings (SSSR count). The molecule has 0 radical (unpaired) electrons. The SMILES string of the molecule is Cc1c(-c2ccccc2)sc2ncn(CC(=O)NC(=O)NCc3ccccc3)c(=O)c12. The molecule has 0 aliphatic rings. The monoisotopic (exact) mass is 432 g/mol. The summed E-state index contributed by atoms with van der Waals surface area (Å²) < 4.78 is 1.22. The maximum absolute atomic E-state index is 13.0. The molecule has 0 unspecified atom stereocenters. The molecule has 2 heterocycles. The molecule has 0 bridgehead atoms. The van der Waals surface area contributed by atoms with E-state index in [1.54, 1.807) is 0 Å². The fraction of sp³-hybridized carbons (Fsp3) is 0.130. The lowest BCUT2D eigenvalue weighted by Crippen LogP contribution is -2.41. The highest BCUT2D eigenvalue weighted by Crippen LogP contribution is 2.35. The molecular formula is C23H20N4O3S. The molecule has 0 aliphatic heterocycles. The lowest BCUT2D eigenvalue weighted by molar-refractivity contribution is -0.120. The summed E-state index contributed by atoms with van der Waals surface area (Å²) in [4.78, 5) is 43.2. The predicted octanol–water partition coefficient (Wildman–Crippen LogP) is 3.46. The van der Waals surface area contributed by atoms with Crippen LogP contribution >= 0.6 is 11.3 Å². The van der Waals surface area contributed by atoms with E-state index in [1.807, 2.05) is 67.6 Å². The van der Waals surface area contributed by atoms with Crippen molar-refractivity contribution in [1.29, 1.82) is 0 Å². The number of thiophene rings is 1. The number of rotatable bonds is 5. The molecule has 0 spiro atoms. The lowest BCUT2D eigenvalue weighted by Gasteiger charge is -2.08. The molecule has 3 amide bonds. The number of imide groups is 1. The Morgan fingerprint density at radius 1 is 1.03 bits per heavy atom. The standard InChI is InChI=1S/C23H20N4O3S/c1-15-19-21(31-20(15)17-10-6-3-7-11-17)25-14-27(22(19)29)13-18(28)26-23(30)24-12-16-8-4-2-5-9-16/h2-11,14H,12-13H2,1H3,(H2,24,26,28,30). The molecule has 0 fully saturated rings. The first kappa shape index (κ1) is 20.5. The first-order chi connectivity index (χ1) is 15.0. The van der Waals surface area contributed by atoms with Gasteiger partial charge in [-0.15, -0.1) is 11.3 Å². The Morgan fingerprint density at radius 2 is 1.71 bits per heavy atom. The Labute approximate surface area is 182 Å². The molecule has 31 heavy (non-hydrogen) atoms. The summed E-state index contributed by atoms with van der Waals surface area (Å²) >= 11 is 1.44. The van der Waals surface area contributed by atoms with E-state index in [9.17, 15) is 14.4 Å². The minimum atomic E-state index is -0.617. The van der Waals surface area contributed by atoms with Crippen LogP contribution in [0.25, 0.3) is 20.7 Å². The smallest absolute Gasteiger partial charge is 0.321 e. The highest BCUT2D eigenvalue weighted by Gasteiger charge is 2.17. The molecule has 0 saturated carbocycles. The number of hydrogen-bond acceptors (Lipinski definition) is 5. The van der Waals surface area contributed by atoms with Gasteiger partial charge in [-0.3, -0.25) is 19.5 Å². The third kappa shape index (κ3) is 4.54. The molecular weight excluding hydrogens is 412 g/mol. The number of hydrogen-bond donors (Lipinski definition) is 2. The van der Waals surface area contributed by atoms with E-state index in [1.165, 1.54) is 22.2 Å². The van der Waals surface area contributed by atoms with Crippen molar-refractivity contribution in [2.75, 3.05) is 0 Å². The van der Waals surface area contributed by atoms with Crippen LogP contribution in [0.4, 0.5) is 4.79 Å². The summed E-state index contributed by atoms with van der Waals surface area (Å²) in [6, 6.07) is 18.5. The Bertz CT molecular complexity index is 1300. The lowest BCUT2D eigenvalue weighted by atomic mass is 10.1. The van der Waals surface area contributed by atoms with Crippen LogP contribution < -0.4 is 16.2 Å². The third-order valence-corrected chi connectivity index (χ3v) is 6.06. The maximum Gasteiger partial charge on any atom is 0.321 e. The van der Waals surface area contributed by atoms with Gasteiger partial charge in [0.25, 0.3) is 5.56 Å². The van der Waals surface area contributed by atoms with Gasteiger partial charge in [0.05, 0.1) is 11.7 Å². The van der Waals surface area contributed by atoms with E-state index in [0.29, 0.717) is 16.8 Å². The molecule has 0 saturated heterocycles. The number of nitrogens with one attached hydrogen (secondary N) is 2. The Morgan fingerprint density at radius 3 is 2.42 bits per heavy atom. The van der Waals surface area contributed by atoms with Crippen LogP contribution in [0.15, 0.2) is 71.8 Å². The van der Waals surface area contributed by atoms with E-state index < -0.39 is 11.9 Å². The van der Waals surface area contributed by atoms with Crippen LogP contribution in [-0.2, 0) is 17.9 Å². The van der Waals surface area contributed by atoms with Gasteiger partial charge in [-0.1, -0.05) is 60.7 Å². The summed E-state index contributed by atoms with van der Waals surface area (Å²) in [6.07, 6.45) is 1.34. The molecule has 4 aromatic rings. The second-order valence-corrected chi connectivity index (χ2v) is 8.00. The fourth-order valence-corrected chi connectivity index (χ4v) is 4.42. The number of amides is 3. The minimum Gasteiger partial charge on any atom is -0.334 e. The predicted molar refractivity (Wildman–Crippen MR) is 121 cm³/mol. The van der Waals surface area contributed by atoms with Crippen molar-refractivity contribution in [2.45, 2.75) is 20.0 Å². The van der Waals surface area contributed by atoms with Crippen LogP contribution in [0.3, 0.4) is 0 Å². The molecule has 156 valence electrons. The number of carbonyl (C=O) groups excluding carboxylic acids is 2. The molecule has 0 atom stereocenters. The van der Waals surface area contributed by atoms with Crippen LogP contribution in [0.2, 0.25) is 0 Å². The quantitative estimate of drug-likeness (QED) is 0.505. The third-order valence-electron chi connectivity index (χ3n) is 4.82. The number of carbonyl (C=O) groups is 2. The Hall–Kier alpha value is -3.78. The molecule has 2 aromatic heterocycles. The Balaban J connectivity index is 1.47. The first-order valence-corrected chi connectivity index (χ1v) is 10.5. The summed E-state index contributed by atoms with van der Waals surface area (Å²) in [5.74, 6) is -0.593. The number of nitrogens with zero attached hydrogens (tertiary/aromatic N) is 2. The number of aryl methyl sites for hydroxylation is 1. The van der Waals surface area contributed by atoms with Crippen molar-refractivity contribution in [3.8, 4) is 10.4 Å². The van der Waals surface area contributed by atoms with E-state index in [-0.39, 0.29) is 12.1 Å². The summed E-state index contributed by atoms with van der Waals surface area (Å²) in [6.45, 7) is 1.88. The number of fused-ring (bicyclic) bond motifs is 1. The molecule has 2 N–H and O–H groups in total. The van der Waals surface area contributed by atoms with Gasteiger partial charge >= 0.3 is 6.03 Å².